The van der Waals surface area contributed by atoms with Crippen LogP contribution in [0.1, 0.15) is 18.4 Å². The van der Waals surface area contributed by atoms with Crippen molar-refractivity contribution < 1.29 is 23.4 Å². The smallest absolute Gasteiger partial charge is 0.387 e. The van der Waals surface area contributed by atoms with Crippen LogP contribution >= 0.6 is 0 Å². The first kappa shape index (κ1) is 17.6. The second-order valence-corrected chi connectivity index (χ2v) is 5.80. The van der Waals surface area contributed by atoms with Gasteiger partial charge in [-0.15, -0.1) is 0 Å². The topological polar surface area (TPSA) is 53.0 Å². The van der Waals surface area contributed by atoms with E-state index >= 15 is 0 Å². The Kier molecular flexibility index (Phi) is 6.29. The van der Waals surface area contributed by atoms with Crippen molar-refractivity contribution in [1.82, 2.24) is 9.80 Å². The van der Waals surface area contributed by atoms with E-state index in [1.165, 1.54) is 0 Å². The van der Waals surface area contributed by atoms with E-state index in [-0.39, 0.29) is 18.3 Å². The monoisotopic (exact) mass is 328 g/mol. The normalized spacial score (nSPS) is 16.9. The fourth-order valence-electron chi connectivity index (χ4n) is 2.95. The number of hydrogen-bond acceptors (Lipinski definition) is 4. The maximum Gasteiger partial charge on any atom is 0.387 e. The van der Waals surface area contributed by atoms with Gasteiger partial charge in [0.15, 0.2) is 0 Å². The summed E-state index contributed by atoms with van der Waals surface area (Å²) in [5.41, 5.74) is 0.741. The number of alkyl halides is 2. The first-order valence-electron chi connectivity index (χ1n) is 7.63. The Balaban J connectivity index is 1.88. The van der Waals surface area contributed by atoms with Gasteiger partial charge in [-0.1, -0.05) is 18.2 Å². The van der Waals surface area contributed by atoms with Crippen molar-refractivity contribution in [2.75, 3.05) is 26.7 Å². The van der Waals surface area contributed by atoms with Crippen LogP contribution in [0.4, 0.5) is 8.78 Å². The molecule has 23 heavy (non-hydrogen) atoms. The van der Waals surface area contributed by atoms with Crippen LogP contribution in [0.15, 0.2) is 24.3 Å². The first-order valence-corrected chi connectivity index (χ1v) is 7.63. The predicted molar refractivity (Wildman–Crippen MR) is 81.6 cm³/mol. The molecule has 1 heterocycles. The first-order chi connectivity index (χ1) is 11.0. The Hall–Kier alpha value is -1.73. The molecule has 0 aliphatic carbocycles. The third-order valence-corrected chi connectivity index (χ3v) is 4.15. The fourth-order valence-corrected chi connectivity index (χ4v) is 2.95. The Morgan fingerprint density at radius 1 is 1.39 bits per heavy atom. The quantitative estimate of drug-likeness (QED) is 0.832. The van der Waals surface area contributed by atoms with E-state index in [9.17, 15) is 13.6 Å². The highest BCUT2D eigenvalue weighted by atomic mass is 19.3. The van der Waals surface area contributed by atoms with E-state index < -0.39 is 12.6 Å². The van der Waals surface area contributed by atoms with Crippen molar-refractivity contribution in [3.63, 3.8) is 0 Å². The zero-order valence-electron chi connectivity index (χ0n) is 13.1. The molecule has 0 saturated carbocycles. The van der Waals surface area contributed by atoms with E-state index in [2.05, 4.69) is 9.64 Å². The average molecular weight is 328 g/mol. The van der Waals surface area contributed by atoms with E-state index in [1.54, 1.807) is 24.3 Å². The lowest BCUT2D eigenvalue weighted by Crippen LogP contribution is -2.44. The molecule has 0 radical (unpaired) electrons. The maximum absolute atomic E-state index is 12.4. The minimum atomic E-state index is -2.83. The molecule has 1 aromatic carbocycles. The molecule has 0 bridgehead atoms. The Morgan fingerprint density at radius 2 is 2.04 bits per heavy atom. The number of halogens is 2. The number of hydrogen-bond donors (Lipinski definition) is 1. The standard InChI is InChI=1S/C16H22F2N2O3/c1-19(11-15(21)22)13-6-8-20(9-7-13)10-12-4-2-3-5-14(12)23-16(17)18/h2-5,13,16H,6-11H2,1H3,(H,21,22). The number of piperidine rings is 1. The van der Waals surface area contributed by atoms with Crippen molar-refractivity contribution >= 4 is 5.97 Å². The van der Waals surface area contributed by atoms with Crippen molar-refractivity contribution in [2.24, 2.45) is 0 Å². The lowest BCUT2D eigenvalue weighted by Gasteiger charge is -2.36. The van der Waals surface area contributed by atoms with E-state index in [4.69, 9.17) is 5.11 Å². The summed E-state index contributed by atoms with van der Waals surface area (Å²) in [6.45, 7) is -0.630. The summed E-state index contributed by atoms with van der Waals surface area (Å²) in [4.78, 5) is 14.8. The number of likely N-dealkylation sites (tertiary alicyclic amines) is 1. The van der Waals surface area contributed by atoms with Gasteiger partial charge in [0.2, 0.25) is 0 Å². The molecule has 0 amide bonds. The van der Waals surface area contributed by atoms with E-state index in [0.29, 0.717) is 6.54 Å². The van der Waals surface area contributed by atoms with Gasteiger partial charge < -0.3 is 9.84 Å². The number of nitrogens with zero attached hydrogens (tertiary/aromatic N) is 2. The molecule has 1 aliphatic heterocycles. The van der Waals surface area contributed by atoms with Gasteiger partial charge in [-0.2, -0.15) is 8.78 Å². The molecule has 1 N–H and O–H groups in total. The fraction of sp³-hybridized carbons (Fsp3) is 0.562. The van der Waals surface area contributed by atoms with Gasteiger partial charge >= 0.3 is 12.6 Å². The van der Waals surface area contributed by atoms with Crippen LogP contribution in [0.3, 0.4) is 0 Å². The van der Waals surface area contributed by atoms with Gasteiger partial charge in [0.25, 0.3) is 0 Å². The molecular formula is C16H22F2N2O3. The van der Waals surface area contributed by atoms with E-state index in [0.717, 1.165) is 31.5 Å². The minimum Gasteiger partial charge on any atom is -0.480 e. The van der Waals surface area contributed by atoms with Crippen LogP contribution in [0.2, 0.25) is 0 Å². The summed E-state index contributed by atoms with van der Waals surface area (Å²) in [6, 6.07) is 7.07. The maximum atomic E-state index is 12.4. The molecule has 0 spiro atoms. The highest BCUT2D eigenvalue weighted by Gasteiger charge is 2.24. The van der Waals surface area contributed by atoms with Crippen molar-refractivity contribution in [3.8, 4) is 5.75 Å². The summed E-state index contributed by atoms with van der Waals surface area (Å²) in [5, 5.41) is 8.84. The highest BCUT2D eigenvalue weighted by Crippen LogP contribution is 2.24. The zero-order valence-corrected chi connectivity index (χ0v) is 13.1. The molecular weight excluding hydrogens is 306 g/mol. The lowest BCUT2D eigenvalue weighted by atomic mass is 10.0. The number of carboxylic acids is 1. The van der Waals surface area contributed by atoms with Crippen LogP contribution in [0.5, 0.6) is 5.75 Å². The number of likely N-dealkylation sites (N-methyl/N-ethyl adjacent to an activating group) is 1. The van der Waals surface area contributed by atoms with Crippen LogP contribution in [0.25, 0.3) is 0 Å². The molecule has 128 valence electrons. The van der Waals surface area contributed by atoms with Gasteiger partial charge in [0.05, 0.1) is 6.54 Å². The largest absolute Gasteiger partial charge is 0.480 e. The molecule has 1 aliphatic rings. The number of carbonyl (C=O) groups is 1. The number of rotatable bonds is 7. The number of benzene rings is 1. The summed E-state index contributed by atoms with van der Waals surface area (Å²) in [5.74, 6) is -0.611. The minimum absolute atomic E-state index is 0.0374. The molecule has 1 saturated heterocycles. The molecule has 0 aromatic heterocycles. The van der Waals surface area contributed by atoms with Crippen LogP contribution in [-0.2, 0) is 11.3 Å². The van der Waals surface area contributed by atoms with Crippen LogP contribution in [0, 0.1) is 0 Å². The second-order valence-electron chi connectivity index (χ2n) is 5.80. The molecule has 0 atom stereocenters. The predicted octanol–water partition coefficient (Wildman–Crippen LogP) is 2.27. The van der Waals surface area contributed by atoms with Crippen molar-refractivity contribution in [1.29, 1.82) is 0 Å². The van der Waals surface area contributed by atoms with Gasteiger partial charge in [-0.3, -0.25) is 14.6 Å². The number of ether oxygens (including phenoxy) is 1. The summed E-state index contributed by atoms with van der Waals surface area (Å²) in [7, 11) is 1.82. The van der Waals surface area contributed by atoms with Gasteiger partial charge in [0, 0.05) is 18.2 Å². The number of para-hydroxylation sites is 1. The molecule has 2 rings (SSSR count). The lowest BCUT2D eigenvalue weighted by molar-refractivity contribution is -0.138. The molecule has 0 unspecified atom stereocenters. The second kappa shape index (κ2) is 8.21. The third-order valence-electron chi connectivity index (χ3n) is 4.15. The third kappa shape index (κ3) is 5.44. The van der Waals surface area contributed by atoms with Gasteiger partial charge in [-0.25, -0.2) is 0 Å². The van der Waals surface area contributed by atoms with Gasteiger partial charge in [0.1, 0.15) is 5.75 Å². The van der Waals surface area contributed by atoms with Crippen molar-refractivity contribution in [2.45, 2.75) is 32.0 Å². The number of aliphatic carboxylic acids is 1. The van der Waals surface area contributed by atoms with Crippen molar-refractivity contribution in [3.05, 3.63) is 29.8 Å². The molecule has 1 fully saturated rings. The Morgan fingerprint density at radius 3 is 2.65 bits per heavy atom. The average Bonchev–Trinajstić information content (AvgIpc) is 2.49. The van der Waals surface area contributed by atoms with Gasteiger partial charge in [-0.05, 0) is 39.0 Å². The van der Waals surface area contributed by atoms with E-state index in [1.807, 2.05) is 11.9 Å². The summed E-state index contributed by atoms with van der Waals surface area (Å²) in [6.07, 6.45) is 1.73. The molecule has 1 aromatic rings. The number of carboxylic acid groups (broad SMARTS) is 1. The van der Waals surface area contributed by atoms with Crippen LogP contribution < -0.4 is 4.74 Å². The van der Waals surface area contributed by atoms with Crippen LogP contribution in [-0.4, -0.2) is 60.2 Å². The zero-order chi connectivity index (χ0) is 16.8. The molecule has 5 nitrogen and oxygen atoms in total. The molecule has 7 heteroatoms. The summed E-state index contributed by atoms with van der Waals surface area (Å²) >= 11 is 0. The Labute approximate surface area is 134 Å². The highest BCUT2D eigenvalue weighted by molar-refractivity contribution is 5.69. The Bertz CT molecular complexity index is 520. The SMILES string of the molecule is CN(CC(=O)O)C1CCN(Cc2ccccc2OC(F)F)CC1. The summed E-state index contributed by atoms with van der Waals surface area (Å²) < 4.78 is 29.4.